The lowest BCUT2D eigenvalue weighted by Gasteiger charge is -2.17. The van der Waals surface area contributed by atoms with Crippen molar-refractivity contribution < 1.29 is 9.59 Å². The molecule has 124 valence electrons. The van der Waals surface area contributed by atoms with E-state index in [0.717, 1.165) is 31.0 Å². The molecule has 2 aromatic carbocycles. The maximum absolute atomic E-state index is 12.6. The van der Waals surface area contributed by atoms with Crippen LogP contribution in [0.2, 0.25) is 5.02 Å². The third-order valence-electron chi connectivity index (χ3n) is 4.43. The molecule has 24 heavy (non-hydrogen) atoms. The second-order valence-electron chi connectivity index (χ2n) is 6.18. The van der Waals surface area contributed by atoms with Crippen LogP contribution in [0.5, 0.6) is 0 Å². The molecule has 2 amide bonds. The van der Waals surface area contributed by atoms with Gasteiger partial charge in [0.25, 0.3) is 5.91 Å². The van der Waals surface area contributed by atoms with Gasteiger partial charge >= 0.3 is 0 Å². The molecule has 0 aromatic heterocycles. The summed E-state index contributed by atoms with van der Waals surface area (Å²) in [6, 6.07) is 14.4. The van der Waals surface area contributed by atoms with Gasteiger partial charge in [0, 0.05) is 29.2 Å². The highest BCUT2D eigenvalue weighted by molar-refractivity contribution is 6.30. The maximum atomic E-state index is 12.6. The molecule has 0 spiro atoms. The van der Waals surface area contributed by atoms with Gasteiger partial charge in [0.2, 0.25) is 5.91 Å². The van der Waals surface area contributed by atoms with Gasteiger partial charge in [0.1, 0.15) is 0 Å². The molecule has 2 aromatic rings. The van der Waals surface area contributed by atoms with Crippen molar-refractivity contribution in [3.63, 3.8) is 0 Å². The number of carbonyl (C=O) groups is 2. The number of amides is 2. The molecule has 0 bridgehead atoms. The first-order chi connectivity index (χ1) is 11.5. The number of likely N-dealkylation sites (tertiary alicyclic amines) is 1. The van der Waals surface area contributed by atoms with Gasteiger partial charge in [-0.3, -0.25) is 9.59 Å². The molecule has 1 fully saturated rings. The fraction of sp³-hybridized carbons (Fsp3) is 0.263. The van der Waals surface area contributed by atoms with Gasteiger partial charge in [0.05, 0.1) is 0 Å². The number of nitrogens with zero attached hydrogens (tertiary/aromatic N) is 1. The summed E-state index contributed by atoms with van der Waals surface area (Å²) in [5, 5.41) is 0.737. The second kappa shape index (κ2) is 7.05. The van der Waals surface area contributed by atoms with E-state index in [1.54, 1.807) is 24.3 Å². The summed E-state index contributed by atoms with van der Waals surface area (Å²) in [7, 11) is 0. The highest BCUT2D eigenvalue weighted by atomic mass is 35.5. The number of carbonyl (C=O) groups excluding carboxylic acids is 2. The molecule has 1 saturated heterocycles. The fourth-order valence-corrected chi connectivity index (χ4v) is 3.22. The van der Waals surface area contributed by atoms with Crippen molar-refractivity contribution in [1.82, 2.24) is 4.90 Å². The molecule has 1 aliphatic rings. The largest absolute Gasteiger partial charge is 0.366 e. The number of hydrogen-bond donors (Lipinski definition) is 1. The van der Waals surface area contributed by atoms with Crippen LogP contribution in [0.15, 0.2) is 48.5 Å². The van der Waals surface area contributed by atoms with Crippen molar-refractivity contribution in [3.05, 3.63) is 70.2 Å². The Kier molecular flexibility index (Phi) is 4.86. The predicted octanol–water partition coefficient (Wildman–Crippen LogP) is 3.14. The molecule has 1 heterocycles. The Morgan fingerprint density at radius 2 is 1.67 bits per heavy atom. The third-order valence-corrected chi connectivity index (χ3v) is 4.68. The molecule has 3 rings (SSSR count). The van der Waals surface area contributed by atoms with Crippen molar-refractivity contribution in [2.75, 3.05) is 13.1 Å². The third kappa shape index (κ3) is 3.77. The molecule has 1 unspecified atom stereocenters. The summed E-state index contributed by atoms with van der Waals surface area (Å²) in [6.45, 7) is 1.51. The van der Waals surface area contributed by atoms with E-state index in [4.69, 9.17) is 17.3 Å². The first-order valence-corrected chi connectivity index (χ1v) is 8.34. The summed E-state index contributed by atoms with van der Waals surface area (Å²) >= 11 is 5.91. The van der Waals surface area contributed by atoms with E-state index in [9.17, 15) is 9.59 Å². The Balaban J connectivity index is 1.61. The lowest BCUT2D eigenvalue weighted by molar-refractivity contribution is 0.0786. The van der Waals surface area contributed by atoms with E-state index in [0.29, 0.717) is 17.0 Å². The van der Waals surface area contributed by atoms with Crippen LogP contribution in [0.25, 0.3) is 0 Å². The predicted molar refractivity (Wildman–Crippen MR) is 94.1 cm³/mol. The summed E-state index contributed by atoms with van der Waals surface area (Å²) in [4.78, 5) is 25.5. The lowest BCUT2D eigenvalue weighted by Crippen LogP contribution is -2.29. The van der Waals surface area contributed by atoms with Crippen LogP contribution in [0.3, 0.4) is 0 Å². The van der Waals surface area contributed by atoms with E-state index in [1.165, 1.54) is 5.56 Å². The number of hydrogen-bond acceptors (Lipinski definition) is 2. The van der Waals surface area contributed by atoms with Crippen LogP contribution in [-0.4, -0.2) is 29.8 Å². The Labute approximate surface area is 146 Å². The van der Waals surface area contributed by atoms with Crippen LogP contribution < -0.4 is 5.73 Å². The summed E-state index contributed by atoms with van der Waals surface area (Å²) in [5.74, 6) is -0.0251. The van der Waals surface area contributed by atoms with Crippen molar-refractivity contribution in [1.29, 1.82) is 0 Å². The van der Waals surface area contributed by atoms with Crippen LogP contribution in [0, 0.1) is 5.92 Å². The summed E-state index contributed by atoms with van der Waals surface area (Å²) in [5.41, 5.74) is 7.46. The van der Waals surface area contributed by atoms with Crippen LogP contribution in [-0.2, 0) is 6.42 Å². The molecule has 0 radical (unpaired) electrons. The van der Waals surface area contributed by atoms with Crippen LogP contribution >= 0.6 is 11.6 Å². The van der Waals surface area contributed by atoms with E-state index < -0.39 is 5.91 Å². The van der Waals surface area contributed by atoms with Gasteiger partial charge in [-0.2, -0.15) is 0 Å². The van der Waals surface area contributed by atoms with E-state index in [-0.39, 0.29) is 5.91 Å². The molecular formula is C19H19ClN2O2. The number of benzene rings is 2. The molecule has 0 aliphatic carbocycles. The zero-order chi connectivity index (χ0) is 17.1. The average Bonchev–Trinajstić information content (AvgIpc) is 3.05. The Bertz CT molecular complexity index is 741. The molecule has 1 aliphatic heterocycles. The van der Waals surface area contributed by atoms with Gasteiger partial charge in [0.15, 0.2) is 0 Å². The Hall–Kier alpha value is -2.33. The van der Waals surface area contributed by atoms with Crippen molar-refractivity contribution in [2.45, 2.75) is 12.8 Å². The minimum atomic E-state index is -0.488. The molecular weight excluding hydrogens is 324 g/mol. The summed E-state index contributed by atoms with van der Waals surface area (Å²) in [6.07, 6.45) is 1.94. The molecule has 2 N–H and O–H groups in total. The topological polar surface area (TPSA) is 63.4 Å². The lowest BCUT2D eigenvalue weighted by atomic mass is 9.99. The molecule has 1 atom stereocenters. The van der Waals surface area contributed by atoms with E-state index in [1.807, 2.05) is 29.2 Å². The van der Waals surface area contributed by atoms with Crippen molar-refractivity contribution >= 4 is 23.4 Å². The van der Waals surface area contributed by atoms with Gasteiger partial charge < -0.3 is 10.6 Å². The van der Waals surface area contributed by atoms with Crippen molar-refractivity contribution in [2.24, 2.45) is 11.7 Å². The standard InChI is InChI=1S/C19H19ClN2O2/c20-17-7-1-13(2-8-17)11-14-9-10-22(12-14)19(24)16-5-3-15(4-6-16)18(21)23/h1-8,14H,9-12H2,(H2,21,23). The average molecular weight is 343 g/mol. The summed E-state index contributed by atoms with van der Waals surface area (Å²) < 4.78 is 0. The zero-order valence-corrected chi connectivity index (χ0v) is 14.0. The minimum absolute atomic E-state index is 0.00428. The highest BCUT2D eigenvalue weighted by Crippen LogP contribution is 2.23. The smallest absolute Gasteiger partial charge is 0.253 e. The first-order valence-electron chi connectivity index (χ1n) is 7.96. The maximum Gasteiger partial charge on any atom is 0.253 e. The molecule has 0 saturated carbocycles. The highest BCUT2D eigenvalue weighted by Gasteiger charge is 2.27. The van der Waals surface area contributed by atoms with Gasteiger partial charge in [-0.25, -0.2) is 0 Å². The fourth-order valence-electron chi connectivity index (χ4n) is 3.10. The zero-order valence-electron chi connectivity index (χ0n) is 13.2. The van der Waals surface area contributed by atoms with Gasteiger partial charge in [-0.05, 0) is 60.7 Å². The number of rotatable bonds is 4. The van der Waals surface area contributed by atoms with Crippen LogP contribution in [0.4, 0.5) is 0 Å². The quantitative estimate of drug-likeness (QED) is 0.927. The van der Waals surface area contributed by atoms with Gasteiger partial charge in [-0.1, -0.05) is 23.7 Å². The minimum Gasteiger partial charge on any atom is -0.366 e. The normalized spacial score (nSPS) is 17.0. The number of halogens is 1. The Morgan fingerprint density at radius 1 is 1.04 bits per heavy atom. The van der Waals surface area contributed by atoms with E-state index >= 15 is 0 Å². The molecule has 4 nitrogen and oxygen atoms in total. The number of nitrogens with two attached hydrogens (primary N) is 1. The Morgan fingerprint density at radius 3 is 2.29 bits per heavy atom. The molecule has 5 heteroatoms. The number of primary amides is 1. The second-order valence-corrected chi connectivity index (χ2v) is 6.61. The van der Waals surface area contributed by atoms with Crippen LogP contribution in [0.1, 0.15) is 32.7 Å². The van der Waals surface area contributed by atoms with E-state index in [2.05, 4.69) is 0 Å². The first kappa shape index (κ1) is 16.5. The van der Waals surface area contributed by atoms with Crippen molar-refractivity contribution in [3.8, 4) is 0 Å². The SMILES string of the molecule is NC(=O)c1ccc(C(=O)N2CCC(Cc3ccc(Cl)cc3)C2)cc1. The monoisotopic (exact) mass is 342 g/mol. The van der Waals surface area contributed by atoms with Gasteiger partial charge in [-0.15, -0.1) is 0 Å².